The van der Waals surface area contributed by atoms with Gasteiger partial charge in [-0.05, 0) is 43.3 Å². The van der Waals surface area contributed by atoms with Crippen LogP contribution >= 0.6 is 11.3 Å². The molecule has 13 heteroatoms. The van der Waals surface area contributed by atoms with Crippen molar-refractivity contribution in [3.63, 3.8) is 0 Å². The fourth-order valence-electron chi connectivity index (χ4n) is 3.05. The lowest BCUT2D eigenvalue weighted by Gasteiger charge is -2.26. The van der Waals surface area contributed by atoms with Gasteiger partial charge in [-0.25, -0.2) is 9.37 Å². The quantitative estimate of drug-likeness (QED) is 0.311. The molecule has 0 aliphatic rings. The number of amides is 2. The van der Waals surface area contributed by atoms with Crippen molar-refractivity contribution in [3.8, 4) is 0 Å². The van der Waals surface area contributed by atoms with Crippen molar-refractivity contribution in [1.82, 2.24) is 15.1 Å². The number of anilines is 4. The monoisotopic (exact) mass is 495 g/mol. The molecule has 1 aromatic carbocycles. The van der Waals surface area contributed by atoms with E-state index in [1.165, 1.54) is 54.5 Å². The van der Waals surface area contributed by atoms with Crippen LogP contribution in [0.15, 0.2) is 59.4 Å². The second kappa shape index (κ2) is 9.69. The van der Waals surface area contributed by atoms with E-state index in [4.69, 9.17) is 16.0 Å². The number of rotatable bonds is 8. The second-order valence-electron chi connectivity index (χ2n) is 7.23. The number of nitrogens with two attached hydrogens (primary N) is 2. The number of primary amides is 1. The molecule has 4 rings (SSSR count). The third-order valence-corrected chi connectivity index (χ3v) is 5.93. The van der Waals surface area contributed by atoms with Gasteiger partial charge in [-0.1, -0.05) is 16.5 Å². The molecule has 0 bridgehead atoms. The minimum Gasteiger partial charge on any atom is -0.382 e. The summed E-state index contributed by atoms with van der Waals surface area (Å²) >= 11 is 0.879. The first kappa shape index (κ1) is 23.5. The molecule has 0 saturated carbocycles. The van der Waals surface area contributed by atoms with Crippen LogP contribution in [0, 0.1) is 5.82 Å². The highest BCUT2D eigenvalue weighted by molar-refractivity contribution is 7.18. The molecule has 2 amide bonds. The SMILES string of the molecule is C[C@H](C(N)=O)N(c1ccc(F)cc1)c1nc(N)c(C(=O)c2cc(C(=O)Nc3ccncc3)no2)s1. The van der Waals surface area contributed by atoms with E-state index in [-0.39, 0.29) is 27.3 Å². The Morgan fingerprint density at radius 3 is 2.49 bits per heavy atom. The summed E-state index contributed by atoms with van der Waals surface area (Å²) in [5, 5.41) is 6.43. The van der Waals surface area contributed by atoms with Crippen LogP contribution in [0.4, 0.5) is 26.7 Å². The summed E-state index contributed by atoms with van der Waals surface area (Å²) in [4.78, 5) is 46.9. The minimum absolute atomic E-state index is 0.000948. The first-order valence-electron chi connectivity index (χ1n) is 10.1. The molecule has 4 aromatic rings. The van der Waals surface area contributed by atoms with Crippen molar-refractivity contribution in [3.05, 3.63) is 77.0 Å². The molecule has 0 fully saturated rings. The minimum atomic E-state index is -0.886. The van der Waals surface area contributed by atoms with Gasteiger partial charge < -0.3 is 26.2 Å². The number of hydrogen-bond acceptors (Lipinski definition) is 10. The van der Waals surface area contributed by atoms with E-state index in [9.17, 15) is 18.8 Å². The zero-order valence-corrected chi connectivity index (χ0v) is 19.0. The van der Waals surface area contributed by atoms with Gasteiger partial charge >= 0.3 is 0 Å². The molecule has 11 nitrogen and oxygen atoms in total. The summed E-state index contributed by atoms with van der Waals surface area (Å²) in [5.41, 5.74) is 12.3. The Balaban J connectivity index is 1.61. The fourth-order valence-corrected chi connectivity index (χ4v) is 4.08. The molecular weight excluding hydrogens is 477 g/mol. The summed E-state index contributed by atoms with van der Waals surface area (Å²) in [6, 6.07) is 8.78. The number of carbonyl (C=O) groups excluding carboxylic acids is 3. The highest BCUT2D eigenvalue weighted by Gasteiger charge is 2.29. The maximum Gasteiger partial charge on any atom is 0.277 e. The van der Waals surface area contributed by atoms with Gasteiger partial charge in [-0.2, -0.15) is 0 Å². The number of carbonyl (C=O) groups is 3. The number of nitrogens with zero attached hydrogens (tertiary/aromatic N) is 4. The standard InChI is InChI=1S/C22H18FN7O4S/c1-11(20(25)32)30(14-4-2-12(23)3-5-14)22-28-19(24)18(35-22)17(31)16-10-15(29-34-16)21(33)27-13-6-8-26-9-7-13/h2-11H,24H2,1H3,(H2,25,32)(H,26,27,33)/t11-/m1/s1. The summed E-state index contributed by atoms with van der Waals surface area (Å²) in [5.74, 6) is -2.75. The molecular formula is C22H18FN7O4S. The number of nitrogens with one attached hydrogen (secondary N) is 1. The topological polar surface area (TPSA) is 170 Å². The Kier molecular flexibility index (Phi) is 6.51. The van der Waals surface area contributed by atoms with Crippen molar-refractivity contribution in [2.45, 2.75) is 13.0 Å². The van der Waals surface area contributed by atoms with Crippen LogP contribution in [0.3, 0.4) is 0 Å². The van der Waals surface area contributed by atoms with Gasteiger partial charge in [0.25, 0.3) is 5.91 Å². The van der Waals surface area contributed by atoms with E-state index >= 15 is 0 Å². The van der Waals surface area contributed by atoms with Gasteiger partial charge in [0.1, 0.15) is 22.6 Å². The summed E-state index contributed by atoms with van der Waals surface area (Å²) in [7, 11) is 0. The number of halogens is 1. The lowest BCUT2D eigenvalue weighted by atomic mass is 10.2. The molecule has 0 aliphatic carbocycles. The zero-order chi connectivity index (χ0) is 25.1. The van der Waals surface area contributed by atoms with Gasteiger partial charge in [-0.3, -0.25) is 19.4 Å². The van der Waals surface area contributed by atoms with Crippen LogP contribution in [-0.2, 0) is 4.79 Å². The predicted octanol–water partition coefficient (Wildman–Crippen LogP) is 2.74. The van der Waals surface area contributed by atoms with Crippen LogP contribution in [0.25, 0.3) is 0 Å². The lowest BCUT2D eigenvalue weighted by molar-refractivity contribution is -0.118. The number of aromatic nitrogens is 3. The average molecular weight is 495 g/mol. The summed E-state index contributed by atoms with van der Waals surface area (Å²) in [6.07, 6.45) is 3.01. The van der Waals surface area contributed by atoms with Crippen LogP contribution in [-0.4, -0.2) is 38.8 Å². The van der Waals surface area contributed by atoms with Gasteiger partial charge in [-0.15, -0.1) is 0 Å². The Morgan fingerprint density at radius 2 is 1.83 bits per heavy atom. The summed E-state index contributed by atoms with van der Waals surface area (Å²) in [6.45, 7) is 1.54. The number of ketones is 1. The molecule has 0 unspecified atom stereocenters. The first-order valence-corrected chi connectivity index (χ1v) is 10.9. The Morgan fingerprint density at radius 1 is 1.14 bits per heavy atom. The van der Waals surface area contributed by atoms with E-state index in [2.05, 4.69) is 20.4 Å². The van der Waals surface area contributed by atoms with Gasteiger partial charge in [0, 0.05) is 29.8 Å². The molecule has 35 heavy (non-hydrogen) atoms. The second-order valence-corrected chi connectivity index (χ2v) is 8.21. The molecule has 1 atom stereocenters. The number of thiazole rings is 1. The molecule has 5 N–H and O–H groups in total. The van der Waals surface area contributed by atoms with E-state index in [0.29, 0.717) is 11.4 Å². The normalized spacial score (nSPS) is 11.6. The van der Waals surface area contributed by atoms with E-state index in [0.717, 1.165) is 11.3 Å². The Hall–Kier alpha value is -4.65. The molecule has 0 spiro atoms. The lowest BCUT2D eigenvalue weighted by Crippen LogP contribution is -2.39. The van der Waals surface area contributed by atoms with Gasteiger partial charge in [0.2, 0.25) is 17.5 Å². The highest BCUT2D eigenvalue weighted by Crippen LogP contribution is 2.36. The third-order valence-electron chi connectivity index (χ3n) is 4.86. The maximum atomic E-state index is 13.4. The van der Waals surface area contributed by atoms with Crippen molar-refractivity contribution in [2.75, 3.05) is 16.0 Å². The van der Waals surface area contributed by atoms with Crippen molar-refractivity contribution in [2.24, 2.45) is 5.73 Å². The Labute approximate surface area is 201 Å². The molecule has 0 saturated heterocycles. The largest absolute Gasteiger partial charge is 0.382 e. The fraction of sp³-hybridized carbons (Fsp3) is 0.0909. The average Bonchev–Trinajstić information content (AvgIpc) is 3.48. The molecule has 0 aliphatic heterocycles. The number of benzene rings is 1. The van der Waals surface area contributed by atoms with E-state index in [1.54, 1.807) is 12.1 Å². The third kappa shape index (κ3) is 4.99. The van der Waals surface area contributed by atoms with Crippen LogP contribution in [0.2, 0.25) is 0 Å². The van der Waals surface area contributed by atoms with Crippen LogP contribution < -0.4 is 21.7 Å². The molecule has 3 aromatic heterocycles. The van der Waals surface area contributed by atoms with Crippen LogP contribution in [0.1, 0.15) is 32.8 Å². The van der Waals surface area contributed by atoms with Crippen molar-refractivity contribution < 1.29 is 23.3 Å². The van der Waals surface area contributed by atoms with Crippen molar-refractivity contribution in [1.29, 1.82) is 0 Å². The Bertz CT molecular complexity index is 1390. The maximum absolute atomic E-state index is 13.4. The number of nitrogen functional groups attached to an aromatic ring is 1. The molecule has 3 heterocycles. The van der Waals surface area contributed by atoms with Crippen LogP contribution in [0.5, 0.6) is 0 Å². The predicted molar refractivity (Wildman–Crippen MR) is 126 cm³/mol. The van der Waals surface area contributed by atoms with Gasteiger partial charge in [0.15, 0.2) is 10.8 Å². The van der Waals surface area contributed by atoms with Crippen molar-refractivity contribution >= 4 is 51.3 Å². The first-order chi connectivity index (χ1) is 16.7. The van der Waals surface area contributed by atoms with E-state index in [1.807, 2.05) is 0 Å². The number of hydrogen-bond donors (Lipinski definition) is 3. The smallest absolute Gasteiger partial charge is 0.277 e. The zero-order valence-electron chi connectivity index (χ0n) is 18.1. The molecule has 178 valence electrons. The highest BCUT2D eigenvalue weighted by atomic mass is 32.1. The van der Waals surface area contributed by atoms with E-state index < -0.39 is 29.5 Å². The number of pyridine rings is 1. The summed E-state index contributed by atoms with van der Waals surface area (Å²) < 4.78 is 18.5. The van der Waals surface area contributed by atoms with Gasteiger partial charge in [0.05, 0.1) is 0 Å². The molecule has 0 radical (unpaired) electrons.